The first-order valence-electron chi connectivity index (χ1n) is 8.19. The molecule has 7 heteroatoms. The van der Waals surface area contributed by atoms with Crippen molar-refractivity contribution < 1.29 is 14.1 Å². The Hall–Kier alpha value is -2.93. The zero-order valence-electron chi connectivity index (χ0n) is 14.8. The fourth-order valence-electron chi connectivity index (χ4n) is 2.94. The number of carbonyl (C=O) groups is 2. The summed E-state index contributed by atoms with van der Waals surface area (Å²) in [5, 5.41) is 7.15. The van der Waals surface area contributed by atoms with E-state index in [9.17, 15) is 9.59 Å². The second-order valence-electron chi connectivity index (χ2n) is 5.84. The number of primary amides is 1. The minimum absolute atomic E-state index is 0.319. The quantitative estimate of drug-likeness (QED) is 0.712. The van der Waals surface area contributed by atoms with Crippen LogP contribution < -0.4 is 11.1 Å². The predicted molar refractivity (Wildman–Crippen MR) is 102 cm³/mol. The fraction of sp³-hybridized carbons (Fsp3) is 0.211. The minimum atomic E-state index is -0.582. The molecule has 0 bridgehead atoms. The van der Waals surface area contributed by atoms with E-state index in [2.05, 4.69) is 10.5 Å². The van der Waals surface area contributed by atoms with Crippen LogP contribution in [0, 0.1) is 13.8 Å². The van der Waals surface area contributed by atoms with Crippen LogP contribution in [-0.4, -0.2) is 17.0 Å². The smallest absolute Gasteiger partial charge is 0.261 e. The number of anilines is 1. The van der Waals surface area contributed by atoms with Crippen molar-refractivity contribution in [3.8, 4) is 11.1 Å². The third-order valence-corrected chi connectivity index (χ3v) is 5.14. The maximum atomic E-state index is 12.8. The number of rotatable bonds is 5. The molecule has 0 spiro atoms. The largest absolute Gasteiger partial charge is 0.365 e. The van der Waals surface area contributed by atoms with Gasteiger partial charge in [0.1, 0.15) is 16.3 Å². The molecule has 3 rings (SSSR count). The Morgan fingerprint density at radius 1 is 1.19 bits per heavy atom. The monoisotopic (exact) mass is 369 g/mol. The second-order valence-corrected chi connectivity index (χ2v) is 7.06. The number of amides is 2. The van der Waals surface area contributed by atoms with Gasteiger partial charge in [0, 0.05) is 10.4 Å². The molecule has 134 valence electrons. The van der Waals surface area contributed by atoms with Crippen LogP contribution >= 0.6 is 11.3 Å². The topological polar surface area (TPSA) is 98.2 Å². The molecular formula is C19H19N3O3S. The number of nitrogens with zero attached hydrogens (tertiary/aromatic N) is 1. The Morgan fingerprint density at radius 3 is 2.50 bits per heavy atom. The Morgan fingerprint density at radius 2 is 1.88 bits per heavy atom. The maximum Gasteiger partial charge on any atom is 0.261 e. The molecule has 0 radical (unpaired) electrons. The molecule has 3 N–H and O–H groups in total. The molecule has 0 fully saturated rings. The molecule has 2 amide bonds. The van der Waals surface area contributed by atoms with Crippen molar-refractivity contribution in [2.24, 2.45) is 5.73 Å². The van der Waals surface area contributed by atoms with Gasteiger partial charge in [-0.25, -0.2) is 0 Å². The van der Waals surface area contributed by atoms with Crippen molar-refractivity contribution in [2.75, 3.05) is 5.32 Å². The highest BCUT2D eigenvalue weighted by molar-refractivity contribution is 7.17. The van der Waals surface area contributed by atoms with E-state index < -0.39 is 5.91 Å². The van der Waals surface area contributed by atoms with Crippen molar-refractivity contribution in [1.29, 1.82) is 0 Å². The SMILES string of the molecule is CCc1noc(C)c1C(=O)Nc1sc(C)c(-c2ccccc2)c1C(N)=O. The molecule has 6 nitrogen and oxygen atoms in total. The summed E-state index contributed by atoms with van der Waals surface area (Å²) in [7, 11) is 0. The number of thiophene rings is 1. The van der Waals surface area contributed by atoms with E-state index in [1.54, 1.807) is 6.92 Å². The standard InChI is InChI=1S/C19H19N3O3S/c1-4-13-14(10(2)25-22-13)18(24)21-19-16(17(20)23)15(11(3)26-19)12-8-6-5-7-9-12/h5-9H,4H2,1-3H3,(H2,20,23)(H,21,24). The lowest BCUT2D eigenvalue weighted by Gasteiger charge is -2.07. The van der Waals surface area contributed by atoms with Gasteiger partial charge in [-0.3, -0.25) is 9.59 Å². The van der Waals surface area contributed by atoms with Gasteiger partial charge in [-0.1, -0.05) is 42.4 Å². The number of nitrogens with one attached hydrogen (secondary N) is 1. The van der Waals surface area contributed by atoms with E-state index in [4.69, 9.17) is 10.3 Å². The molecule has 2 aromatic heterocycles. The highest BCUT2D eigenvalue weighted by Gasteiger charge is 2.25. The zero-order chi connectivity index (χ0) is 18.8. The Balaban J connectivity index is 2.05. The summed E-state index contributed by atoms with van der Waals surface area (Å²) in [5.41, 5.74) is 8.56. The van der Waals surface area contributed by atoms with Crippen LogP contribution in [-0.2, 0) is 6.42 Å². The molecule has 26 heavy (non-hydrogen) atoms. The molecule has 0 aliphatic rings. The maximum absolute atomic E-state index is 12.8. The van der Waals surface area contributed by atoms with Crippen LogP contribution in [0.15, 0.2) is 34.9 Å². The Bertz CT molecular complexity index is 974. The fourth-order valence-corrected chi connectivity index (χ4v) is 4.01. The van der Waals surface area contributed by atoms with Crippen LogP contribution in [0.4, 0.5) is 5.00 Å². The predicted octanol–water partition coefficient (Wildman–Crippen LogP) is 3.93. The molecular weight excluding hydrogens is 350 g/mol. The first-order valence-corrected chi connectivity index (χ1v) is 9.00. The van der Waals surface area contributed by atoms with Gasteiger partial charge in [-0.15, -0.1) is 11.3 Å². The highest BCUT2D eigenvalue weighted by atomic mass is 32.1. The number of nitrogens with two attached hydrogens (primary N) is 1. The van der Waals surface area contributed by atoms with Crippen molar-refractivity contribution in [1.82, 2.24) is 5.16 Å². The molecule has 0 aliphatic carbocycles. The number of hydrogen-bond donors (Lipinski definition) is 2. The number of carbonyl (C=O) groups excluding carboxylic acids is 2. The van der Waals surface area contributed by atoms with Crippen LogP contribution in [0.5, 0.6) is 0 Å². The molecule has 0 aliphatic heterocycles. The molecule has 0 unspecified atom stereocenters. The molecule has 0 saturated heterocycles. The van der Waals surface area contributed by atoms with E-state index in [1.165, 1.54) is 11.3 Å². The third kappa shape index (κ3) is 3.13. The van der Waals surface area contributed by atoms with Crippen LogP contribution in [0.3, 0.4) is 0 Å². The summed E-state index contributed by atoms with van der Waals surface area (Å²) in [4.78, 5) is 25.8. The molecule has 1 aromatic carbocycles. The van der Waals surface area contributed by atoms with Crippen LogP contribution in [0.25, 0.3) is 11.1 Å². The molecule has 3 aromatic rings. The van der Waals surface area contributed by atoms with E-state index in [-0.39, 0.29) is 5.91 Å². The van der Waals surface area contributed by atoms with E-state index in [0.717, 1.165) is 16.0 Å². The summed E-state index contributed by atoms with van der Waals surface area (Å²) < 4.78 is 5.12. The number of benzene rings is 1. The van der Waals surface area contributed by atoms with Gasteiger partial charge >= 0.3 is 0 Å². The lowest BCUT2D eigenvalue weighted by atomic mass is 10.0. The minimum Gasteiger partial charge on any atom is -0.365 e. The Labute approximate surface area is 155 Å². The van der Waals surface area contributed by atoms with Gasteiger partial charge in [0.25, 0.3) is 11.8 Å². The van der Waals surface area contributed by atoms with Crippen LogP contribution in [0.2, 0.25) is 0 Å². The summed E-state index contributed by atoms with van der Waals surface area (Å²) in [6.07, 6.45) is 0.571. The second kappa shape index (κ2) is 7.13. The summed E-state index contributed by atoms with van der Waals surface area (Å²) in [6.45, 7) is 5.48. The molecule has 0 saturated carbocycles. The van der Waals surface area contributed by atoms with Crippen molar-refractivity contribution >= 4 is 28.2 Å². The zero-order valence-corrected chi connectivity index (χ0v) is 15.6. The number of aryl methyl sites for hydroxylation is 3. The number of hydrogen-bond acceptors (Lipinski definition) is 5. The normalized spacial score (nSPS) is 10.7. The van der Waals surface area contributed by atoms with Crippen molar-refractivity contribution in [2.45, 2.75) is 27.2 Å². The summed E-state index contributed by atoms with van der Waals surface area (Å²) in [6, 6.07) is 9.50. The van der Waals surface area contributed by atoms with E-state index in [1.807, 2.05) is 44.2 Å². The average Bonchev–Trinajstić information content (AvgIpc) is 3.15. The van der Waals surface area contributed by atoms with Gasteiger partial charge in [0.2, 0.25) is 0 Å². The van der Waals surface area contributed by atoms with Gasteiger partial charge in [-0.2, -0.15) is 0 Å². The van der Waals surface area contributed by atoms with Crippen molar-refractivity contribution in [3.63, 3.8) is 0 Å². The van der Waals surface area contributed by atoms with E-state index >= 15 is 0 Å². The van der Waals surface area contributed by atoms with Gasteiger partial charge in [0.05, 0.1) is 11.3 Å². The first kappa shape index (κ1) is 17.9. The van der Waals surface area contributed by atoms with Gasteiger partial charge < -0.3 is 15.6 Å². The van der Waals surface area contributed by atoms with Gasteiger partial charge in [-0.05, 0) is 25.8 Å². The molecule has 2 heterocycles. The first-order chi connectivity index (χ1) is 12.4. The lowest BCUT2D eigenvalue weighted by molar-refractivity contribution is 0.100. The Kier molecular flexibility index (Phi) is 4.90. The highest BCUT2D eigenvalue weighted by Crippen LogP contribution is 2.39. The van der Waals surface area contributed by atoms with Crippen LogP contribution in [0.1, 0.15) is 44.0 Å². The summed E-state index contributed by atoms with van der Waals surface area (Å²) in [5.74, 6) is -0.498. The summed E-state index contributed by atoms with van der Waals surface area (Å²) >= 11 is 1.33. The molecule has 0 atom stereocenters. The van der Waals surface area contributed by atoms with Crippen molar-refractivity contribution in [3.05, 3.63) is 57.8 Å². The lowest BCUT2D eigenvalue weighted by Crippen LogP contribution is -2.18. The van der Waals surface area contributed by atoms with Gasteiger partial charge in [0.15, 0.2) is 0 Å². The third-order valence-electron chi connectivity index (χ3n) is 4.12. The van der Waals surface area contributed by atoms with E-state index in [0.29, 0.717) is 34.0 Å². The average molecular weight is 369 g/mol. The number of aromatic nitrogens is 1.